The van der Waals surface area contributed by atoms with E-state index in [2.05, 4.69) is 65.3 Å². The van der Waals surface area contributed by atoms with Crippen molar-refractivity contribution in [3.63, 3.8) is 0 Å². The highest BCUT2D eigenvalue weighted by Crippen LogP contribution is 2.48. The summed E-state index contributed by atoms with van der Waals surface area (Å²) in [6.45, 7) is 2.36. The molecule has 0 bridgehead atoms. The highest BCUT2D eigenvalue weighted by Gasteiger charge is 2.38. The van der Waals surface area contributed by atoms with Gasteiger partial charge in [0.2, 0.25) is 0 Å². The summed E-state index contributed by atoms with van der Waals surface area (Å²) < 4.78 is 0. The van der Waals surface area contributed by atoms with Crippen molar-refractivity contribution in [1.29, 1.82) is 0 Å². The van der Waals surface area contributed by atoms with Gasteiger partial charge in [-0.15, -0.1) is 0 Å². The van der Waals surface area contributed by atoms with Crippen molar-refractivity contribution in [2.45, 2.75) is 50.3 Å². The van der Waals surface area contributed by atoms with Gasteiger partial charge in [-0.2, -0.15) is 0 Å². The van der Waals surface area contributed by atoms with Gasteiger partial charge in [0.1, 0.15) is 0 Å². The zero-order chi connectivity index (χ0) is 14.0. The Kier molecular flexibility index (Phi) is 4.16. The molecule has 1 unspecified atom stereocenters. The highest BCUT2D eigenvalue weighted by atomic mass is 79.9. The molecule has 0 amide bonds. The molecule has 1 aliphatic rings. The molecule has 1 atom stereocenters. The van der Waals surface area contributed by atoms with Gasteiger partial charge in [0.05, 0.1) is 0 Å². The first kappa shape index (κ1) is 14.1. The van der Waals surface area contributed by atoms with Crippen LogP contribution in [0.1, 0.15) is 44.6 Å². The molecule has 106 valence electrons. The molecular weight excluding hydrogens is 308 g/mol. The molecule has 0 aliphatic heterocycles. The van der Waals surface area contributed by atoms with Gasteiger partial charge >= 0.3 is 0 Å². The van der Waals surface area contributed by atoms with E-state index in [9.17, 15) is 0 Å². The number of fused-ring (bicyclic) bond motifs is 1. The second-order valence-corrected chi connectivity index (χ2v) is 7.34. The van der Waals surface area contributed by atoms with E-state index in [4.69, 9.17) is 0 Å². The van der Waals surface area contributed by atoms with Crippen molar-refractivity contribution in [2.24, 2.45) is 5.41 Å². The fourth-order valence-corrected chi connectivity index (χ4v) is 4.98. The normalized spacial score (nSPS) is 19.3. The van der Waals surface area contributed by atoms with Crippen LogP contribution in [0.15, 0.2) is 42.5 Å². The Hall–Kier alpha value is -0.820. The van der Waals surface area contributed by atoms with E-state index in [1.807, 2.05) is 0 Å². The quantitative estimate of drug-likeness (QED) is 0.592. The number of hydrogen-bond acceptors (Lipinski definition) is 0. The molecule has 1 saturated carbocycles. The van der Waals surface area contributed by atoms with Gasteiger partial charge in [-0.25, -0.2) is 0 Å². The molecule has 1 fully saturated rings. The molecule has 1 aliphatic carbocycles. The highest BCUT2D eigenvalue weighted by molar-refractivity contribution is 9.09. The average molecular weight is 331 g/mol. The largest absolute Gasteiger partial charge is 0.0881 e. The molecule has 1 heteroatoms. The molecule has 2 aromatic carbocycles. The van der Waals surface area contributed by atoms with E-state index < -0.39 is 0 Å². The molecule has 0 radical (unpaired) electrons. The number of rotatable bonds is 4. The fourth-order valence-electron chi connectivity index (χ4n) is 3.85. The van der Waals surface area contributed by atoms with Crippen molar-refractivity contribution in [3.8, 4) is 0 Å². The molecule has 0 nitrogen and oxygen atoms in total. The Labute approximate surface area is 130 Å². The third-order valence-electron chi connectivity index (χ3n) is 5.25. The summed E-state index contributed by atoms with van der Waals surface area (Å²) in [5, 5.41) is 2.78. The molecule has 2 aromatic rings. The van der Waals surface area contributed by atoms with Crippen LogP contribution in [0.3, 0.4) is 0 Å². The first-order chi connectivity index (χ1) is 9.75. The van der Waals surface area contributed by atoms with Crippen LogP contribution in [0.2, 0.25) is 0 Å². The smallest absolute Gasteiger partial charge is 0.0242 e. The van der Waals surface area contributed by atoms with Crippen LogP contribution in [-0.2, 0) is 6.42 Å². The summed E-state index contributed by atoms with van der Waals surface area (Å²) in [5.41, 5.74) is 2.02. The predicted octanol–water partition coefficient (Wildman–Crippen LogP) is 6.12. The van der Waals surface area contributed by atoms with Crippen molar-refractivity contribution in [3.05, 3.63) is 48.0 Å². The minimum atomic E-state index is 0.525. The van der Waals surface area contributed by atoms with E-state index in [1.165, 1.54) is 48.4 Å². The van der Waals surface area contributed by atoms with E-state index in [1.54, 1.807) is 0 Å². The number of hydrogen-bond donors (Lipinski definition) is 0. The first-order valence-electron chi connectivity index (χ1n) is 7.86. The minimum absolute atomic E-state index is 0.525. The monoisotopic (exact) mass is 330 g/mol. The molecule has 3 rings (SSSR count). The van der Waals surface area contributed by atoms with Gasteiger partial charge < -0.3 is 0 Å². The van der Waals surface area contributed by atoms with Gasteiger partial charge in [0.15, 0.2) is 0 Å². The lowest BCUT2D eigenvalue weighted by Crippen LogP contribution is -2.29. The number of benzene rings is 2. The average Bonchev–Trinajstić information content (AvgIpc) is 2.98. The Bertz CT molecular complexity index is 576. The Morgan fingerprint density at radius 3 is 2.50 bits per heavy atom. The molecular formula is C19H23Br. The molecule has 0 heterocycles. The summed E-state index contributed by atoms with van der Waals surface area (Å²) in [4.78, 5) is 0.605. The summed E-state index contributed by atoms with van der Waals surface area (Å²) in [6.07, 6.45) is 8.05. The maximum absolute atomic E-state index is 4.04. The van der Waals surface area contributed by atoms with E-state index in [0.29, 0.717) is 10.2 Å². The van der Waals surface area contributed by atoms with Gasteiger partial charge in [-0.05, 0) is 47.4 Å². The standard InChI is InChI=1S/C19H23Br/c1-2-19(12-5-6-13-19)18(20)14-16-10-7-9-15-8-3-4-11-17(15)16/h3-4,7-11,18H,2,5-6,12-14H2,1H3. The topological polar surface area (TPSA) is 0 Å². The maximum atomic E-state index is 4.04. The SMILES string of the molecule is CCC1(C(Br)Cc2cccc3ccccc23)CCCC1. The van der Waals surface area contributed by atoms with Gasteiger partial charge in [-0.1, -0.05) is 78.2 Å². The Morgan fingerprint density at radius 2 is 1.75 bits per heavy atom. The lowest BCUT2D eigenvalue weighted by molar-refractivity contribution is 0.276. The zero-order valence-electron chi connectivity index (χ0n) is 12.2. The molecule has 0 saturated heterocycles. The molecule has 0 N–H and O–H groups in total. The van der Waals surface area contributed by atoms with Crippen molar-refractivity contribution < 1.29 is 0 Å². The second kappa shape index (κ2) is 5.89. The van der Waals surface area contributed by atoms with Crippen LogP contribution in [0.5, 0.6) is 0 Å². The Morgan fingerprint density at radius 1 is 1.05 bits per heavy atom. The lowest BCUT2D eigenvalue weighted by Gasteiger charge is -2.33. The predicted molar refractivity (Wildman–Crippen MR) is 91.6 cm³/mol. The van der Waals surface area contributed by atoms with Crippen molar-refractivity contribution in [2.75, 3.05) is 0 Å². The lowest BCUT2D eigenvalue weighted by atomic mass is 9.78. The van der Waals surface area contributed by atoms with Crippen molar-refractivity contribution in [1.82, 2.24) is 0 Å². The van der Waals surface area contributed by atoms with Crippen LogP contribution in [0, 0.1) is 5.41 Å². The zero-order valence-corrected chi connectivity index (χ0v) is 13.8. The summed E-state index contributed by atoms with van der Waals surface area (Å²) in [6, 6.07) is 15.5. The van der Waals surface area contributed by atoms with Gasteiger partial charge in [-0.3, -0.25) is 0 Å². The molecule has 0 spiro atoms. The number of halogens is 1. The van der Waals surface area contributed by atoms with E-state index in [-0.39, 0.29) is 0 Å². The summed E-state index contributed by atoms with van der Waals surface area (Å²) >= 11 is 4.04. The van der Waals surface area contributed by atoms with Gasteiger partial charge in [0.25, 0.3) is 0 Å². The minimum Gasteiger partial charge on any atom is -0.0881 e. The third kappa shape index (κ3) is 2.53. The maximum Gasteiger partial charge on any atom is 0.0242 e. The Balaban J connectivity index is 1.89. The number of alkyl halides is 1. The molecule has 0 aromatic heterocycles. The van der Waals surface area contributed by atoms with Crippen LogP contribution < -0.4 is 0 Å². The second-order valence-electron chi connectivity index (χ2n) is 6.23. The van der Waals surface area contributed by atoms with Crippen LogP contribution in [0.25, 0.3) is 10.8 Å². The van der Waals surface area contributed by atoms with Gasteiger partial charge in [0, 0.05) is 4.83 Å². The van der Waals surface area contributed by atoms with E-state index in [0.717, 1.165) is 6.42 Å². The summed E-state index contributed by atoms with van der Waals surface area (Å²) in [7, 11) is 0. The van der Waals surface area contributed by atoms with E-state index >= 15 is 0 Å². The van der Waals surface area contributed by atoms with Crippen LogP contribution in [0.4, 0.5) is 0 Å². The fraction of sp³-hybridized carbons (Fsp3) is 0.474. The first-order valence-corrected chi connectivity index (χ1v) is 8.77. The van der Waals surface area contributed by atoms with Crippen LogP contribution >= 0.6 is 15.9 Å². The summed E-state index contributed by atoms with van der Waals surface area (Å²) in [5.74, 6) is 0. The van der Waals surface area contributed by atoms with Crippen molar-refractivity contribution >= 4 is 26.7 Å². The third-order valence-corrected chi connectivity index (χ3v) is 6.54. The molecule has 20 heavy (non-hydrogen) atoms. The van der Waals surface area contributed by atoms with Crippen LogP contribution in [-0.4, -0.2) is 4.83 Å².